The zero-order valence-electron chi connectivity index (χ0n) is 38.0. The number of benzene rings is 1. The van der Waals surface area contributed by atoms with Gasteiger partial charge >= 0.3 is 5.97 Å². The molecular weight excluding hydrogens is 829 g/mol. The summed E-state index contributed by atoms with van der Waals surface area (Å²) in [5.41, 5.74) is -0.538. The molecule has 0 bridgehead atoms. The van der Waals surface area contributed by atoms with Gasteiger partial charge in [0, 0.05) is 36.3 Å². The molecule has 3 saturated heterocycles. The fraction of sp³-hybridized carbons (Fsp3) is 0.776. The van der Waals surface area contributed by atoms with Crippen LogP contribution in [0.1, 0.15) is 111 Å². The van der Waals surface area contributed by atoms with E-state index in [1.165, 1.54) is 0 Å². The summed E-state index contributed by atoms with van der Waals surface area (Å²) in [6.45, 7) is 9.63. The number of ether oxygens (including phenoxy) is 8. The average Bonchev–Trinajstić information content (AvgIpc) is 3.75. The van der Waals surface area contributed by atoms with Gasteiger partial charge in [-0.2, -0.15) is 0 Å². The number of aliphatic hydroxyl groups excluding tert-OH is 5. The number of carbonyl (C=O) groups is 1. The quantitative estimate of drug-likeness (QED) is 0.151. The van der Waals surface area contributed by atoms with E-state index < -0.39 is 96.9 Å². The molecule has 4 heterocycles. The van der Waals surface area contributed by atoms with E-state index in [0.29, 0.717) is 36.7 Å². The summed E-state index contributed by atoms with van der Waals surface area (Å²) in [5, 5.41) is 67.9. The van der Waals surface area contributed by atoms with Crippen molar-refractivity contribution in [2.75, 3.05) is 7.11 Å². The summed E-state index contributed by atoms with van der Waals surface area (Å²) in [6.07, 6.45) is -0.445. The molecule has 9 rings (SSSR count). The molecule has 7 fully saturated rings. The maximum Gasteiger partial charge on any atom is 0.336 e. The first-order chi connectivity index (χ1) is 30.4. The molecule has 1 aromatic carbocycles. The normalized spacial score (nSPS) is 50.0. The van der Waals surface area contributed by atoms with Gasteiger partial charge in [-0.1, -0.05) is 26.0 Å². The lowest BCUT2D eigenvalue weighted by Gasteiger charge is -2.65. The SMILES string of the molecule is COc1cccc(/C=C2\OC(=O)C=C2[C@H]2CC[C@]3(O)[C@@H]4CC[C@@H]5C[C@@H](O[C@H]6C[C@H](O)[C@H](O[C@H]7C[C@H](O)[C@H](O[C@H]8C[C@H](O)[C@H](O)[C@@H](C)O8)[C@@H](C)O7)[C@@H](C)O6)CC[C@]5(C)[C@H]4C[C@@H](O)[C@]23C)c1. The molecule has 64 heavy (non-hydrogen) atoms. The number of hydrogen-bond donors (Lipinski definition) is 6. The lowest BCUT2D eigenvalue weighted by Crippen LogP contribution is -2.67. The summed E-state index contributed by atoms with van der Waals surface area (Å²) in [7, 11) is 1.61. The van der Waals surface area contributed by atoms with Crippen molar-refractivity contribution in [3.63, 3.8) is 0 Å². The Hall–Kier alpha value is -2.51. The molecule has 356 valence electrons. The number of hydrogen-bond acceptors (Lipinski definition) is 15. The topological polar surface area (TPSA) is 212 Å². The van der Waals surface area contributed by atoms with Crippen molar-refractivity contribution in [1.82, 2.24) is 0 Å². The van der Waals surface area contributed by atoms with Crippen LogP contribution in [0.15, 0.2) is 41.7 Å². The van der Waals surface area contributed by atoms with Gasteiger partial charge in [0.25, 0.3) is 0 Å². The second kappa shape index (κ2) is 17.9. The van der Waals surface area contributed by atoms with E-state index in [2.05, 4.69) is 6.92 Å². The molecule has 4 saturated carbocycles. The Morgan fingerprint density at radius 1 is 0.734 bits per heavy atom. The third-order valence-electron chi connectivity index (χ3n) is 17.4. The third kappa shape index (κ3) is 8.21. The standard InChI is InChI=1S/C49H70O15/c1-24-44(55)35(50)21-42(58-24)63-46-26(3)60-43(23-37(46)52)64-45-25(2)59-41(22-36(45)51)61-30-12-14-47(4)28(18-30)10-11-33-34(47)20-39(53)48(5)32(13-15-49(33,48)56)31-19-40(54)62-38(31)17-27-8-7-9-29(16-27)57-6/h7-9,16-17,19,24-26,28,30,32-37,39,41-46,50-53,55-56H,10-15,18,20-23H2,1-6H3/b38-17-/t24-,25-,26-,28-,30+,32-,33-,34+,35+,36+,37+,39-,41+,42+,43+,44-,45-,46-,47+,48+,49+/m1/s1. The molecule has 0 aromatic heterocycles. The maximum absolute atomic E-state index is 13.0. The van der Waals surface area contributed by atoms with E-state index in [1.54, 1.807) is 27.0 Å². The summed E-state index contributed by atoms with van der Waals surface area (Å²) in [4.78, 5) is 12.8. The number of cyclic esters (lactones) is 1. The van der Waals surface area contributed by atoms with Gasteiger partial charge in [-0.25, -0.2) is 4.79 Å². The average molecular weight is 899 g/mol. The summed E-state index contributed by atoms with van der Waals surface area (Å²) in [6, 6.07) is 7.55. The number of fused-ring (bicyclic) bond motifs is 5. The third-order valence-corrected chi connectivity index (χ3v) is 17.4. The molecule has 15 nitrogen and oxygen atoms in total. The molecule has 0 unspecified atom stereocenters. The van der Waals surface area contributed by atoms with Crippen molar-refractivity contribution in [3.8, 4) is 5.75 Å². The molecule has 6 N–H and O–H groups in total. The van der Waals surface area contributed by atoms with Gasteiger partial charge < -0.3 is 68.5 Å². The Bertz CT molecular complexity index is 1890. The predicted octanol–water partition coefficient (Wildman–Crippen LogP) is 4.27. The van der Waals surface area contributed by atoms with Crippen LogP contribution in [0.3, 0.4) is 0 Å². The van der Waals surface area contributed by atoms with Crippen LogP contribution in [0.25, 0.3) is 6.08 Å². The minimum absolute atomic E-state index is 0.00180. The van der Waals surface area contributed by atoms with Gasteiger partial charge in [-0.05, 0) is 125 Å². The lowest BCUT2D eigenvalue weighted by atomic mass is 9.42. The highest BCUT2D eigenvalue weighted by molar-refractivity contribution is 5.90. The van der Waals surface area contributed by atoms with Crippen LogP contribution in [-0.4, -0.2) is 135 Å². The van der Waals surface area contributed by atoms with E-state index >= 15 is 0 Å². The van der Waals surface area contributed by atoms with Gasteiger partial charge in [0.15, 0.2) is 18.9 Å². The molecule has 15 heteroatoms. The second-order valence-electron chi connectivity index (χ2n) is 20.8. The van der Waals surface area contributed by atoms with Gasteiger partial charge in [0.1, 0.15) is 29.8 Å². The van der Waals surface area contributed by atoms with Crippen LogP contribution in [0.5, 0.6) is 5.75 Å². The smallest absolute Gasteiger partial charge is 0.336 e. The summed E-state index contributed by atoms with van der Waals surface area (Å²) >= 11 is 0. The van der Waals surface area contributed by atoms with Crippen molar-refractivity contribution < 1.29 is 73.3 Å². The Balaban J connectivity index is 0.797. The largest absolute Gasteiger partial charge is 0.497 e. The Morgan fingerprint density at radius 3 is 2.02 bits per heavy atom. The highest BCUT2D eigenvalue weighted by Gasteiger charge is 2.71. The van der Waals surface area contributed by atoms with E-state index in [0.717, 1.165) is 43.2 Å². The van der Waals surface area contributed by atoms with Gasteiger partial charge in [0.05, 0.1) is 61.5 Å². The van der Waals surface area contributed by atoms with E-state index in [1.807, 2.05) is 44.2 Å². The minimum atomic E-state index is -1.12. The molecule has 4 aliphatic carbocycles. The van der Waals surface area contributed by atoms with E-state index in [9.17, 15) is 35.4 Å². The van der Waals surface area contributed by atoms with Crippen LogP contribution in [0.4, 0.5) is 0 Å². The van der Waals surface area contributed by atoms with Crippen molar-refractivity contribution in [1.29, 1.82) is 0 Å². The molecule has 0 amide bonds. The maximum atomic E-state index is 13.0. The second-order valence-corrected chi connectivity index (χ2v) is 20.8. The van der Waals surface area contributed by atoms with Crippen molar-refractivity contribution in [3.05, 3.63) is 47.2 Å². The van der Waals surface area contributed by atoms with Crippen LogP contribution in [0.2, 0.25) is 0 Å². The number of aliphatic hydroxyl groups is 6. The first-order valence-electron chi connectivity index (χ1n) is 23.8. The number of allylic oxidation sites excluding steroid dienone is 1. The van der Waals surface area contributed by atoms with Crippen LogP contribution in [-0.2, 0) is 38.0 Å². The summed E-state index contributed by atoms with van der Waals surface area (Å²) < 4.78 is 48.2. The molecular formula is C49H70O15. The van der Waals surface area contributed by atoms with Crippen molar-refractivity contribution in [2.24, 2.45) is 34.5 Å². The highest BCUT2D eigenvalue weighted by atomic mass is 16.7. The minimum Gasteiger partial charge on any atom is -0.497 e. The number of carbonyl (C=O) groups excluding carboxylic acids is 1. The van der Waals surface area contributed by atoms with Crippen LogP contribution >= 0.6 is 0 Å². The number of esters is 1. The highest BCUT2D eigenvalue weighted by Crippen LogP contribution is 2.70. The summed E-state index contributed by atoms with van der Waals surface area (Å²) in [5.74, 6) is 0.888. The fourth-order valence-corrected chi connectivity index (χ4v) is 13.7. The molecule has 0 radical (unpaired) electrons. The first-order valence-corrected chi connectivity index (χ1v) is 23.8. The molecule has 4 aliphatic heterocycles. The van der Waals surface area contributed by atoms with E-state index in [4.69, 9.17) is 37.9 Å². The zero-order chi connectivity index (χ0) is 45.5. The zero-order valence-corrected chi connectivity index (χ0v) is 38.0. The molecule has 21 atom stereocenters. The predicted molar refractivity (Wildman–Crippen MR) is 229 cm³/mol. The Kier molecular flexibility index (Phi) is 13.0. The fourth-order valence-electron chi connectivity index (χ4n) is 13.7. The Morgan fingerprint density at radius 2 is 1.38 bits per heavy atom. The molecule has 0 spiro atoms. The van der Waals surface area contributed by atoms with Gasteiger partial charge in [-0.3, -0.25) is 0 Å². The van der Waals surface area contributed by atoms with Crippen LogP contribution in [0, 0.1) is 34.5 Å². The molecule has 8 aliphatic rings. The van der Waals surface area contributed by atoms with Crippen molar-refractivity contribution >= 4 is 12.0 Å². The first kappa shape index (κ1) is 46.6. The molecule has 1 aromatic rings. The van der Waals surface area contributed by atoms with Crippen LogP contribution < -0.4 is 4.74 Å². The van der Waals surface area contributed by atoms with Gasteiger partial charge in [-0.15, -0.1) is 0 Å². The van der Waals surface area contributed by atoms with Gasteiger partial charge in [0.2, 0.25) is 0 Å². The number of rotatable bonds is 9. The lowest BCUT2D eigenvalue weighted by molar-refractivity contribution is -0.336. The monoisotopic (exact) mass is 898 g/mol. The number of methoxy groups -OCH3 is 1. The van der Waals surface area contributed by atoms with E-state index in [-0.39, 0.29) is 48.5 Å². The Labute approximate surface area is 376 Å². The van der Waals surface area contributed by atoms with Crippen molar-refractivity contribution in [2.45, 2.75) is 197 Å².